The molecule has 1 aromatic carbocycles. The molecule has 5 nitrogen and oxygen atoms in total. The fourth-order valence-electron chi connectivity index (χ4n) is 3.39. The molecule has 1 fully saturated rings. The summed E-state index contributed by atoms with van der Waals surface area (Å²) in [5.74, 6) is -0.777. The van der Waals surface area contributed by atoms with E-state index >= 15 is 0 Å². The summed E-state index contributed by atoms with van der Waals surface area (Å²) in [6.45, 7) is 1.95. The molecule has 3 heterocycles. The quantitative estimate of drug-likeness (QED) is 0.632. The van der Waals surface area contributed by atoms with E-state index in [1.165, 1.54) is 17.8 Å². The molecule has 0 spiro atoms. The van der Waals surface area contributed by atoms with E-state index in [1.54, 1.807) is 29.5 Å². The standard InChI is InChI=1S/C21H21N3O2S2/c22-20(25)15-13-14(24-10-2-1-3-11-24)6-7-16(15)23-21(26)19-9-8-18(28-19)17-5-4-12-27-17/h4-9,12-13H,1-3,10-11H2,(H2,22,25)(H,23,26). The molecule has 0 radical (unpaired) electrons. The number of rotatable bonds is 5. The highest BCUT2D eigenvalue weighted by atomic mass is 32.1. The second-order valence-electron chi connectivity index (χ2n) is 6.74. The van der Waals surface area contributed by atoms with Crippen molar-refractivity contribution >= 4 is 45.9 Å². The van der Waals surface area contributed by atoms with Crippen molar-refractivity contribution in [1.82, 2.24) is 0 Å². The van der Waals surface area contributed by atoms with Gasteiger partial charge in [-0.05, 0) is 61.0 Å². The van der Waals surface area contributed by atoms with Gasteiger partial charge in [0.2, 0.25) is 0 Å². The van der Waals surface area contributed by atoms with Crippen LogP contribution in [-0.2, 0) is 0 Å². The minimum atomic E-state index is -0.542. The summed E-state index contributed by atoms with van der Waals surface area (Å²) in [5.41, 5.74) is 7.35. The van der Waals surface area contributed by atoms with Crippen molar-refractivity contribution < 1.29 is 9.59 Å². The Balaban J connectivity index is 1.55. The first-order chi connectivity index (χ1) is 13.6. The number of nitrogens with zero attached hydrogens (tertiary/aromatic N) is 1. The van der Waals surface area contributed by atoms with Crippen LogP contribution in [0, 0.1) is 0 Å². The van der Waals surface area contributed by atoms with E-state index in [4.69, 9.17) is 5.73 Å². The Labute approximate surface area is 171 Å². The van der Waals surface area contributed by atoms with Crippen molar-refractivity contribution in [3.05, 3.63) is 58.3 Å². The average Bonchev–Trinajstić information content (AvgIpc) is 3.40. The summed E-state index contributed by atoms with van der Waals surface area (Å²) >= 11 is 3.07. The van der Waals surface area contributed by atoms with Crippen LogP contribution in [-0.4, -0.2) is 24.9 Å². The number of hydrogen-bond donors (Lipinski definition) is 2. The molecule has 3 aromatic rings. The van der Waals surface area contributed by atoms with Crippen molar-refractivity contribution in [2.75, 3.05) is 23.3 Å². The van der Waals surface area contributed by atoms with Crippen LogP contribution in [0.2, 0.25) is 0 Å². The highest BCUT2D eigenvalue weighted by molar-refractivity contribution is 7.22. The lowest BCUT2D eigenvalue weighted by Crippen LogP contribution is -2.29. The first-order valence-corrected chi connectivity index (χ1v) is 11.0. The van der Waals surface area contributed by atoms with Crippen molar-refractivity contribution in [1.29, 1.82) is 0 Å². The van der Waals surface area contributed by atoms with E-state index in [0.29, 0.717) is 16.1 Å². The molecule has 0 atom stereocenters. The van der Waals surface area contributed by atoms with E-state index in [2.05, 4.69) is 10.2 Å². The normalized spacial score (nSPS) is 14.1. The third kappa shape index (κ3) is 3.95. The first kappa shape index (κ1) is 18.7. The van der Waals surface area contributed by atoms with Crippen LogP contribution in [0.1, 0.15) is 39.3 Å². The lowest BCUT2D eigenvalue weighted by Gasteiger charge is -2.29. The largest absolute Gasteiger partial charge is 0.372 e. The van der Waals surface area contributed by atoms with E-state index < -0.39 is 5.91 Å². The number of amides is 2. The smallest absolute Gasteiger partial charge is 0.265 e. The maximum atomic E-state index is 12.7. The number of thiophene rings is 2. The van der Waals surface area contributed by atoms with Gasteiger partial charge in [-0.25, -0.2) is 0 Å². The van der Waals surface area contributed by atoms with Gasteiger partial charge < -0.3 is 16.0 Å². The number of carbonyl (C=O) groups is 2. The van der Waals surface area contributed by atoms with Crippen LogP contribution in [0.4, 0.5) is 11.4 Å². The molecule has 0 unspecified atom stereocenters. The topological polar surface area (TPSA) is 75.4 Å². The second kappa shape index (κ2) is 8.16. The third-order valence-electron chi connectivity index (χ3n) is 4.83. The van der Waals surface area contributed by atoms with Crippen molar-refractivity contribution in [2.45, 2.75) is 19.3 Å². The molecule has 0 saturated carbocycles. The minimum Gasteiger partial charge on any atom is -0.372 e. The molecule has 1 aliphatic rings. The number of nitrogens with one attached hydrogen (secondary N) is 1. The van der Waals surface area contributed by atoms with Crippen LogP contribution >= 0.6 is 22.7 Å². The maximum absolute atomic E-state index is 12.7. The maximum Gasteiger partial charge on any atom is 0.265 e. The highest BCUT2D eigenvalue weighted by Crippen LogP contribution is 2.32. The highest BCUT2D eigenvalue weighted by Gasteiger charge is 2.18. The Morgan fingerprint density at radius 3 is 2.54 bits per heavy atom. The molecule has 144 valence electrons. The zero-order valence-corrected chi connectivity index (χ0v) is 16.9. The van der Waals surface area contributed by atoms with E-state index in [9.17, 15) is 9.59 Å². The second-order valence-corrected chi connectivity index (χ2v) is 8.77. The number of carbonyl (C=O) groups excluding carboxylic acids is 2. The van der Waals surface area contributed by atoms with Crippen LogP contribution in [0.15, 0.2) is 47.8 Å². The molecule has 0 bridgehead atoms. The molecule has 7 heteroatoms. The van der Waals surface area contributed by atoms with Crippen molar-refractivity contribution in [3.63, 3.8) is 0 Å². The summed E-state index contributed by atoms with van der Waals surface area (Å²) in [6.07, 6.45) is 3.53. The van der Waals surface area contributed by atoms with Crippen LogP contribution in [0.5, 0.6) is 0 Å². The predicted molar refractivity (Wildman–Crippen MR) is 117 cm³/mol. The zero-order valence-electron chi connectivity index (χ0n) is 15.3. The SMILES string of the molecule is NC(=O)c1cc(N2CCCCC2)ccc1NC(=O)c1ccc(-c2cccs2)s1. The fourth-order valence-corrected chi connectivity index (χ4v) is 5.12. The van der Waals surface area contributed by atoms with Crippen molar-refractivity contribution in [2.24, 2.45) is 5.73 Å². The van der Waals surface area contributed by atoms with Gasteiger partial charge in [0.05, 0.1) is 16.1 Å². The average molecular weight is 412 g/mol. The van der Waals surface area contributed by atoms with Gasteiger partial charge >= 0.3 is 0 Å². The Hall–Kier alpha value is -2.64. The van der Waals surface area contributed by atoms with E-state index in [0.717, 1.165) is 41.4 Å². The summed E-state index contributed by atoms with van der Waals surface area (Å²) in [5, 5.41) is 4.86. The number of anilines is 2. The van der Waals surface area contributed by atoms with Gasteiger partial charge in [-0.2, -0.15) is 0 Å². The zero-order chi connectivity index (χ0) is 19.5. The van der Waals surface area contributed by atoms with Gasteiger partial charge in [-0.1, -0.05) is 6.07 Å². The molecule has 1 aliphatic heterocycles. The molecule has 2 amide bonds. The predicted octanol–water partition coefficient (Wildman–Crippen LogP) is 4.82. The molecular formula is C21H21N3O2S2. The Morgan fingerprint density at radius 2 is 1.82 bits per heavy atom. The summed E-state index contributed by atoms with van der Waals surface area (Å²) < 4.78 is 0. The van der Waals surface area contributed by atoms with Gasteiger partial charge in [0.25, 0.3) is 11.8 Å². The van der Waals surface area contributed by atoms with Gasteiger partial charge in [-0.3, -0.25) is 9.59 Å². The molecule has 2 aromatic heterocycles. The molecular weight excluding hydrogens is 390 g/mol. The van der Waals surface area contributed by atoms with Gasteiger partial charge in [-0.15, -0.1) is 22.7 Å². The number of primary amides is 1. The Morgan fingerprint density at radius 1 is 1.00 bits per heavy atom. The van der Waals surface area contributed by atoms with E-state index in [-0.39, 0.29) is 5.91 Å². The summed E-state index contributed by atoms with van der Waals surface area (Å²) in [6, 6.07) is 13.3. The fraction of sp³-hybridized carbons (Fsp3) is 0.238. The lowest BCUT2D eigenvalue weighted by atomic mass is 10.1. The molecule has 0 aliphatic carbocycles. The van der Waals surface area contributed by atoms with Crippen LogP contribution in [0.25, 0.3) is 9.75 Å². The van der Waals surface area contributed by atoms with E-state index in [1.807, 2.05) is 29.6 Å². The summed E-state index contributed by atoms with van der Waals surface area (Å²) in [4.78, 5) is 29.7. The third-order valence-corrected chi connectivity index (χ3v) is 6.98. The summed E-state index contributed by atoms with van der Waals surface area (Å²) in [7, 11) is 0. The first-order valence-electron chi connectivity index (χ1n) is 9.26. The molecule has 3 N–H and O–H groups in total. The van der Waals surface area contributed by atoms with Crippen LogP contribution in [0.3, 0.4) is 0 Å². The Kier molecular flexibility index (Phi) is 5.45. The number of nitrogens with two attached hydrogens (primary N) is 1. The van der Waals surface area contributed by atoms with Crippen molar-refractivity contribution in [3.8, 4) is 9.75 Å². The monoisotopic (exact) mass is 411 g/mol. The molecule has 1 saturated heterocycles. The van der Waals surface area contributed by atoms with Crippen LogP contribution < -0.4 is 16.0 Å². The van der Waals surface area contributed by atoms with Gasteiger partial charge in [0.1, 0.15) is 0 Å². The Bertz CT molecular complexity index is 989. The van der Waals surface area contributed by atoms with Gasteiger partial charge in [0.15, 0.2) is 0 Å². The molecule has 28 heavy (non-hydrogen) atoms. The molecule has 4 rings (SSSR count). The lowest BCUT2D eigenvalue weighted by molar-refractivity contribution is 0.100. The number of benzene rings is 1. The number of hydrogen-bond acceptors (Lipinski definition) is 5. The number of piperidine rings is 1. The van der Waals surface area contributed by atoms with Gasteiger partial charge in [0, 0.05) is 28.5 Å². The minimum absolute atomic E-state index is 0.235.